The molecule has 0 radical (unpaired) electrons. The zero-order valence-electron chi connectivity index (χ0n) is 23.9. The van der Waals surface area contributed by atoms with Crippen molar-refractivity contribution >= 4 is 10.9 Å². The van der Waals surface area contributed by atoms with Crippen LogP contribution in [0.5, 0.6) is 11.5 Å². The van der Waals surface area contributed by atoms with Crippen LogP contribution in [0.15, 0.2) is 140 Å². The molecular weight excluding hydrogens is 530 g/mol. The molecule has 43 heavy (non-hydrogen) atoms. The van der Waals surface area contributed by atoms with E-state index in [0.717, 1.165) is 67.0 Å². The van der Waals surface area contributed by atoms with Gasteiger partial charge >= 0.3 is 0 Å². The van der Waals surface area contributed by atoms with Gasteiger partial charge in [-0.1, -0.05) is 91.0 Å². The average Bonchev–Trinajstić information content (AvgIpc) is 3.44. The second-order valence-corrected chi connectivity index (χ2v) is 10.2. The summed E-state index contributed by atoms with van der Waals surface area (Å²) in [5.74, 6) is 2.32. The van der Waals surface area contributed by atoms with E-state index in [4.69, 9.17) is 9.47 Å². The lowest BCUT2D eigenvalue weighted by Crippen LogP contribution is -2.02. The first-order chi connectivity index (χ1) is 21.2. The van der Waals surface area contributed by atoms with E-state index in [9.17, 15) is 0 Å². The lowest BCUT2D eigenvalue weighted by atomic mass is 9.95. The first-order valence-electron chi connectivity index (χ1n) is 14.1. The molecule has 0 aliphatic carbocycles. The maximum Gasteiger partial charge on any atom is 0.234 e. The van der Waals surface area contributed by atoms with Crippen molar-refractivity contribution in [2.45, 2.75) is 0 Å². The Kier molecular flexibility index (Phi) is 6.89. The van der Waals surface area contributed by atoms with Crippen LogP contribution >= 0.6 is 0 Å². The minimum Gasteiger partial charge on any atom is -0.497 e. The quantitative estimate of drug-likeness (QED) is 0.195. The van der Waals surface area contributed by atoms with Crippen LogP contribution in [0.1, 0.15) is 0 Å². The van der Waals surface area contributed by atoms with Gasteiger partial charge in [0.1, 0.15) is 11.5 Å². The van der Waals surface area contributed by atoms with Crippen molar-refractivity contribution in [2.24, 2.45) is 0 Å². The molecule has 0 saturated heterocycles. The van der Waals surface area contributed by atoms with E-state index in [1.807, 2.05) is 30.3 Å². The van der Waals surface area contributed by atoms with E-state index in [2.05, 4.69) is 112 Å². The number of nitrogens with zero attached hydrogens (tertiary/aromatic N) is 3. The second kappa shape index (κ2) is 11.3. The molecule has 5 aromatic carbocycles. The van der Waals surface area contributed by atoms with Gasteiger partial charge in [0.25, 0.3) is 0 Å². The summed E-state index contributed by atoms with van der Waals surface area (Å²) in [6.07, 6.45) is 3.58. The molecule has 0 aliphatic rings. The lowest BCUT2D eigenvalue weighted by molar-refractivity contribution is 0.415. The second-order valence-electron chi connectivity index (χ2n) is 10.2. The van der Waals surface area contributed by atoms with Crippen LogP contribution in [0.3, 0.4) is 0 Å². The first kappa shape index (κ1) is 26.2. The minimum atomic E-state index is 0.633. The third-order valence-corrected chi connectivity index (χ3v) is 7.81. The van der Waals surface area contributed by atoms with E-state index in [0.29, 0.717) is 5.95 Å². The van der Waals surface area contributed by atoms with Gasteiger partial charge in [-0.25, -0.2) is 9.97 Å². The van der Waals surface area contributed by atoms with Gasteiger partial charge in [0.05, 0.1) is 25.4 Å². The number of fused-ring (bicyclic) bond motifs is 1. The third-order valence-electron chi connectivity index (χ3n) is 7.81. The molecule has 0 aliphatic heterocycles. The van der Waals surface area contributed by atoms with E-state index in [-0.39, 0.29) is 0 Å². The summed E-state index contributed by atoms with van der Waals surface area (Å²) >= 11 is 0. The molecule has 0 atom stereocenters. The monoisotopic (exact) mass is 559 g/mol. The minimum absolute atomic E-state index is 0.633. The average molecular weight is 560 g/mol. The highest BCUT2D eigenvalue weighted by atomic mass is 16.5. The number of para-hydroxylation sites is 1. The highest BCUT2D eigenvalue weighted by Crippen LogP contribution is 2.43. The Bertz CT molecular complexity index is 2000. The molecule has 0 N–H and O–H groups in total. The number of rotatable bonds is 7. The van der Waals surface area contributed by atoms with Crippen molar-refractivity contribution in [1.82, 2.24) is 14.5 Å². The fourth-order valence-corrected chi connectivity index (χ4v) is 5.64. The Morgan fingerprint density at radius 2 is 0.907 bits per heavy atom. The molecule has 0 fully saturated rings. The molecule has 2 aromatic heterocycles. The van der Waals surface area contributed by atoms with Gasteiger partial charge in [-0.05, 0) is 69.8 Å². The highest BCUT2D eigenvalue weighted by Gasteiger charge is 2.22. The summed E-state index contributed by atoms with van der Waals surface area (Å²) in [5.41, 5.74) is 10.00. The molecule has 7 aromatic rings. The molecule has 0 unspecified atom stereocenters. The fourth-order valence-electron chi connectivity index (χ4n) is 5.64. The van der Waals surface area contributed by atoms with Crippen molar-refractivity contribution < 1.29 is 9.47 Å². The van der Waals surface area contributed by atoms with Gasteiger partial charge in [0.15, 0.2) is 0 Å². The standard InChI is InChI=1S/C38H29N3O2/c1-42-32-20-16-28(17-21-32)26-8-12-30(13-9-26)36-34-6-3-4-7-35(34)41(38-39-24-5-25-40-38)37(36)31-14-10-27(11-15-31)29-18-22-33(43-2)23-19-29/h3-25H,1-2H3. The van der Waals surface area contributed by atoms with Crippen molar-refractivity contribution in [2.75, 3.05) is 14.2 Å². The van der Waals surface area contributed by atoms with Crippen molar-refractivity contribution in [3.8, 4) is 62.1 Å². The molecule has 0 spiro atoms. The van der Waals surface area contributed by atoms with Crippen LogP contribution in [0, 0.1) is 0 Å². The predicted octanol–water partition coefficient (Wildman–Crippen LogP) is 9.11. The van der Waals surface area contributed by atoms with Crippen LogP contribution in [-0.4, -0.2) is 28.8 Å². The molecule has 0 bridgehead atoms. The smallest absolute Gasteiger partial charge is 0.234 e. The van der Waals surface area contributed by atoms with Crippen LogP contribution < -0.4 is 9.47 Å². The van der Waals surface area contributed by atoms with E-state index < -0.39 is 0 Å². The third kappa shape index (κ3) is 4.91. The maximum absolute atomic E-state index is 5.34. The van der Waals surface area contributed by atoms with Gasteiger partial charge in [-0.2, -0.15) is 0 Å². The van der Waals surface area contributed by atoms with E-state index in [1.54, 1.807) is 26.6 Å². The summed E-state index contributed by atoms with van der Waals surface area (Å²) < 4.78 is 12.9. The Hall–Kier alpha value is -5.68. The molecule has 208 valence electrons. The summed E-state index contributed by atoms with van der Waals surface area (Å²) in [7, 11) is 3.37. The highest BCUT2D eigenvalue weighted by molar-refractivity contribution is 6.05. The number of hydrogen-bond acceptors (Lipinski definition) is 4. The number of hydrogen-bond donors (Lipinski definition) is 0. The maximum atomic E-state index is 5.34. The fraction of sp³-hybridized carbons (Fsp3) is 0.0526. The Morgan fingerprint density at radius 3 is 1.42 bits per heavy atom. The molecule has 5 nitrogen and oxygen atoms in total. The number of aromatic nitrogens is 3. The van der Waals surface area contributed by atoms with Gasteiger partial charge in [0.2, 0.25) is 5.95 Å². The molecule has 7 rings (SSSR count). The largest absolute Gasteiger partial charge is 0.497 e. The number of methoxy groups -OCH3 is 2. The zero-order valence-corrected chi connectivity index (χ0v) is 23.9. The molecule has 0 amide bonds. The molecule has 0 saturated carbocycles. The van der Waals surface area contributed by atoms with E-state index in [1.165, 1.54) is 0 Å². The normalized spacial score (nSPS) is 11.0. The van der Waals surface area contributed by atoms with Crippen LogP contribution in [0.2, 0.25) is 0 Å². The summed E-state index contributed by atoms with van der Waals surface area (Å²) in [4.78, 5) is 9.34. The molecular formula is C38H29N3O2. The van der Waals surface area contributed by atoms with Gasteiger partial charge < -0.3 is 9.47 Å². The summed E-state index contributed by atoms with van der Waals surface area (Å²) in [6.45, 7) is 0. The van der Waals surface area contributed by atoms with Crippen LogP contribution in [0.25, 0.3) is 61.5 Å². The Morgan fingerprint density at radius 1 is 0.465 bits per heavy atom. The summed E-state index contributed by atoms with van der Waals surface area (Å²) in [5, 5.41) is 1.14. The number of benzene rings is 5. The Labute approximate surface area is 250 Å². The van der Waals surface area contributed by atoms with Gasteiger partial charge in [0, 0.05) is 23.3 Å². The SMILES string of the molecule is COc1ccc(-c2ccc(-c3c(-c4ccc(-c5ccc(OC)cc5)cc4)n(-c4ncccn4)c4ccccc34)cc2)cc1. The van der Waals surface area contributed by atoms with Crippen LogP contribution in [-0.2, 0) is 0 Å². The van der Waals surface area contributed by atoms with E-state index >= 15 is 0 Å². The first-order valence-corrected chi connectivity index (χ1v) is 14.1. The number of ether oxygens (including phenoxy) is 2. The van der Waals surface area contributed by atoms with Gasteiger partial charge in [-0.3, -0.25) is 4.57 Å². The molecule has 5 heteroatoms. The van der Waals surface area contributed by atoms with Gasteiger partial charge in [-0.15, -0.1) is 0 Å². The van der Waals surface area contributed by atoms with Crippen molar-refractivity contribution in [1.29, 1.82) is 0 Å². The zero-order chi connectivity index (χ0) is 29.2. The Balaban J connectivity index is 1.39. The topological polar surface area (TPSA) is 49.2 Å². The lowest BCUT2D eigenvalue weighted by Gasteiger charge is -2.13. The van der Waals surface area contributed by atoms with Crippen LogP contribution in [0.4, 0.5) is 0 Å². The van der Waals surface area contributed by atoms with Crippen molar-refractivity contribution in [3.63, 3.8) is 0 Å². The molecule has 2 heterocycles. The predicted molar refractivity (Wildman–Crippen MR) is 174 cm³/mol. The summed E-state index contributed by atoms with van der Waals surface area (Å²) in [6, 6.07) is 44.1. The van der Waals surface area contributed by atoms with Crippen molar-refractivity contribution in [3.05, 3.63) is 140 Å².